The first-order valence-corrected chi connectivity index (χ1v) is 2.87. The van der Waals surface area contributed by atoms with Gasteiger partial charge < -0.3 is 15.8 Å². The highest BCUT2D eigenvalue weighted by Gasteiger charge is 1.90. The number of urea groups is 1. The quantitative estimate of drug-likeness (QED) is 0.303. The van der Waals surface area contributed by atoms with Gasteiger partial charge in [0.25, 0.3) is 0 Å². The Balaban J connectivity index is 3.10. The molecule has 0 saturated heterocycles. The number of primary amides is 1. The fourth-order valence-corrected chi connectivity index (χ4v) is 0.292. The summed E-state index contributed by atoms with van der Waals surface area (Å²) in [5, 5.41) is 2.16. The van der Waals surface area contributed by atoms with Crippen LogP contribution in [0.5, 0.6) is 0 Å². The zero-order valence-electron chi connectivity index (χ0n) is 4.46. The van der Waals surface area contributed by atoms with E-state index in [1.54, 1.807) is 0 Å². The van der Waals surface area contributed by atoms with Crippen LogP contribution in [0.3, 0.4) is 0 Å². The molecular weight excluding hydrogens is 160 g/mol. The standard InChI is InChI=1S/C3H6N2O2S2/c4-2(6)5-1-7-3(8)9/h1H2,(H,8,9)(H3,4,5,6). The summed E-state index contributed by atoms with van der Waals surface area (Å²) in [6.45, 7) is -0.0301. The van der Waals surface area contributed by atoms with E-state index in [4.69, 9.17) is 0 Å². The molecule has 3 N–H and O–H groups in total. The highest BCUT2D eigenvalue weighted by Crippen LogP contribution is 1.83. The van der Waals surface area contributed by atoms with Crippen LogP contribution in [0.4, 0.5) is 4.79 Å². The summed E-state index contributed by atoms with van der Waals surface area (Å²) in [6.07, 6.45) is 0. The lowest BCUT2D eigenvalue weighted by molar-refractivity contribution is 0.232. The zero-order valence-corrected chi connectivity index (χ0v) is 6.17. The summed E-state index contributed by atoms with van der Waals surface area (Å²) in [6, 6.07) is -0.653. The lowest BCUT2D eigenvalue weighted by atomic mass is 11.0. The van der Waals surface area contributed by atoms with Gasteiger partial charge in [-0.05, 0) is 12.2 Å². The second-order valence-electron chi connectivity index (χ2n) is 1.10. The molecule has 0 fully saturated rings. The van der Waals surface area contributed by atoms with Crippen molar-refractivity contribution in [1.29, 1.82) is 0 Å². The molecule has 52 valence electrons. The van der Waals surface area contributed by atoms with E-state index in [1.165, 1.54) is 0 Å². The van der Waals surface area contributed by atoms with Crippen LogP contribution in [0.25, 0.3) is 0 Å². The average molecular weight is 166 g/mol. The smallest absolute Gasteiger partial charge is 0.314 e. The van der Waals surface area contributed by atoms with Crippen LogP contribution in [0.1, 0.15) is 0 Å². The average Bonchev–Trinajstić information content (AvgIpc) is 1.63. The van der Waals surface area contributed by atoms with E-state index in [9.17, 15) is 4.79 Å². The summed E-state index contributed by atoms with van der Waals surface area (Å²) in [5.74, 6) is 0. The van der Waals surface area contributed by atoms with Crippen molar-refractivity contribution in [2.75, 3.05) is 6.73 Å². The summed E-state index contributed by atoms with van der Waals surface area (Å²) in [5.41, 5.74) is 4.68. The number of hydrogen-bond donors (Lipinski definition) is 3. The van der Waals surface area contributed by atoms with Crippen LogP contribution < -0.4 is 11.1 Å². The largest absolute Gasteiger partial charge is 0.457 e. The molecular formula is C3H6N2O2S2. The Morgan fingerprint density at radius 1 is 1.89 bits per heavy atom. The predicted octanol–water partition coefficient (Wildman–Crippen LogP) is -0.156. The van der Waals surface area contributed by atoms with Crippen molar-refractivity contribution in [3.63, 3.8) is 0 Å². The van der Waals surface area contributed by atoms with E-state index in [0.29, 0.717) is 0 Å². The Labute approximate surface area is 63.1 Å². The molecule has 9 heavy (non-hydrogen) atoms. The van der Waals surface area contributed by atoms with Gasteiger partial charge in [0, 0.05) is 0 Å². The second-order valence-corrected chi connectivity index (χ2v) is 2.18. The fourth-order valence-electron chi connectivity index (χ4n) is 0.169. The summed E-state index contributed by atoms with van der Waals surface area (Å²) in [4.78, 5) is 9.94. The molecule has 0 aromatic rings. The Hall–Kier alpha value is -0.490. The van der Waals surface area contributed by atoms with E-state index in [1.807, 2.05) is 0 Å². The normalized spacial score (nSPS) is 8.11. The van der Waals surface area contributed by atoms with E-state index >= 15 is 0 Å². The van der Waals surface area contributed by atoms with Crippen LogP contribution in [-0.2, 0) is 4.74 Å². The summed E-state index contributed by atoms with van der Waals surface area (Å²) < 4.78 is 4.61. The number of carbonyl (C=O) groups excluding carboxylic acids is 1. The van der Waals surface area contributed by atoms with Gasteiger partial charge in [0.15, 0.2) is 6.73 Å². The summed E-state index contributed by atoms with van der Waals surface area (Å²) >= 11 is 8.02. The van der Waals surface area contributed by atoms with Gasteiger partial charge >= 0.3 is 6.03 Å². The van der Waals surface area contributed by atoms with Crippen LogP contribution in [0, 0.1) is 0 Å². The SMILES string of the molecule is NC(=O)NCOC(=S)S. The van der Waals surface area contributed by atoms with Crippen LogP contribution in [0.2, 0.25) is 0 Å². The van der Waals surface area contributed by atoms with Crippen molar-refractivity contribution in [3.05, 3.63) is 0 Å². The van der Waals surface area contributed by atoms with Crippen molar-refractivity contribution in [3.8, 4) is 0 Å². The molecule has 0 atom stereocenters. The third-order valence-corrected chi connectivity index (χ3v) is 0.689. The fraction of sp³-hybridized carbons (Fsp3) is 0.333. The molecule has 2 amide bonds. The predicted molar refractivity (Wildman–Crippen MR) is 40.3 cm³/mol. The molecule has 0 aliphatic heterocycles. The first-order chi connectivity index (χ1) is 4.13. The minimum absolute atomic E-state index is 0.0301. The number of hydrogen-bond acceptors (Lipinski definition) is 3. The van der Waals surface area contributed by atoms with E-state index in [-0.39, 0.29) is 11.1 Å². The molecule has 0 rings (SSSR count). The van der Waals surface area contributed by atoms with E-state index in [0.717, 1.165) is 0 Å². The third-order valence-electron chi connectivity index (χ3n) is 0.442. The lowest BCUT2D eigenvalue weighted by Gasteiger charge is -2.00. The number of ether oxygens (including phenoxy) is 1. The number of rotatable bonds is 2. The molecule has 0 radical (unpaired) electrons. The minimum Gasteiger partial charge on any atom is -0.457 e. The van der Waals surface area contributed by atoms with Gasteiger partial charge in [-0.3, -0.25) is 0 Å². The number of nitrogens with one attached hydrogen (secondary N) is 1. The molecule has 6 heteroatoms. The van der Waals surface area contributed by atoms with Gasteiger partial charge in [-0.15, -0.1) is 0 Å². The van der Waals surface area contributed by atoms with Gasteiger partial charge in [0.05, 0.1) is 0 Å². The zero-order chi connectivity index (χ0) is 7.28. The van der Waals surface area contributed by atoms with Crippen molar-refractivity contribution >= 4 is 35.3 Å². The monoisotopic (exact) mass is 166 g/mol. The Bertz CT molecular complexity index is 113. The molecule has 0 heterocycles. The van der Waals surface area contributed by atoms with Crippen molar-refractivity contribution < 1.29 is 9.53 Å². The maximum atomic E-state index is 9.94. The van der Waals surface area contributed by atoms with Crippen molar-refractivity contribution in [2.24, 2.45) is 5.73 Å². The van der Waals surface area contributed by atoms with Gasteiger partial charge in [0.1, 0.15) is 0 Å². The lowest BCUT2D eigenvalue weighted by Crippen LogP contribution is -2.31. The molecule has 0 spiro atoms. The van der Waals surface area contributed by atoms with Crippen LogP contribution in [0.15, 0.2) is 0 Å². The number of amides is 2. The van der Waals surface area contributed by atoms with E-state index in [2.05, 4.69) is 40.6 Å². The van der Waals surface area contributed by atoms with Crippen LogP contribution in [-0.4, -0.2) is 17.1 Å². The van der Waals surface area contributed by atoms with Gasteiger partial charge in [0.2, 0.25) is 4.38 Å². The molecule has 0 aliphatic rings. The summed E-state index contributed by atoms with van der Waals surface area (Å²) in [7, 11) is 0. The Kier molecular flexibility index (Phi) is 4.16. The number of thiol groups is 1. The number of carbonyl (C=O) groups is 1. The molecule has 4 nitrogen and oxygen atoms in total. The van der Waals surface area contributed by atoms with Crippen LogP contribution >= 0.6 is 24.8 Å². The second kappa shape index (κ2) is 4.39. The minimum atomic E-state index is -0.653. The van der Waals surface area contributed by atoms with Crippen molar-refractivity contribution in [2.45, 2.75) is 0 Å². The third kappa shape index (κ3) is 7.51. The first-order valence-electron chi connectivity index (χ1n) is 2.02. The molecule has 0 aromatic heterocycles. The van der Waals surface area contributed by atoms with Gasteiger partial charge in [-0.1, -0.05) is 12.6 Å². The molecule has 0 aliphatic carbocycles. The Morgan fingerprint density at radius 3 is 2.78 bits per heavy atom. The Morgan fingerprint density at radius 2 is 2.44 bits per heavy atom. The molecule has 0 unspecified atom stereocenters. The maximum absolute atomic E-state index is 9.94. The maximum Gasteiger partial charge on any atom is 0.314 e. The van der Waals surface area contributed by atoms with Gasteiger partial charge in [-0.2, -0.15) is 0 Å². The van der Waals surface area contributed by atoms with Crippen molar-refractivity contribution in [1.82, 2.24) is 5.32 Å². The first kappa shape index (κ1) is 8.51. The topological polar surface area (TPSA) is 64.4 Å². The molecule has 0 bridgehead atoms. The van der Waals surface area contributed by atoms with Gasteiger partial charge in [-0.25, -0.2) is 4.79 Å². The highest BCUT2D eigenvalue weighted by molar-refractivity contribution is 8.10. The molecule has 0 aromatic carbocycles. The highest BCUT2D eigenvalue weighted by atomic mass is 32.1. The number of thiocarbonyl (C=S) groups is 1. The van der Waals surface area contributed by atoms with E-state index < -0.39 is 6.03 Å². The molecule has 0 saturated carbocycles. The number of nitrogens with two attached hydrogens (primary N) is 1.